The van der Waals surface area contributed by atoms with Crippen molar-refractivity contribution in [2.24, 2.45) is 10.4 Å². The minimum atomic E-state index is 0. The SMILES string of the molecule is CN=C(NCCCOC)N1CCC2(CCC2)C1.I. The highest BCUT2D eigenvalue weighted by Gasteiger charge is 2.43. The van der Waals surface area contributed by atoms with Crippen LogP contribution in [-0.2, 0) is 4.74 Å². The lowest BCUT2D eigenvalue weighted by Gasteiger charge is -2.38. The average Bonchev–Trinajstić information content (AvgIpc) is 2.74. The Labute approximate surface area is 128 Å². The molecule has 0 bridgehead atoms. The second kappa shape index (κ2) is 7.53. The van der Waals surface area contributed by atoms with Crippen molar-refractivity contribution in [3.8, 4) is 0 Å². The van der Waals surface area contributed by atoms with Crippen LogP contribution in [0.25, 0.3) is 0 Å². The van der Waals surface area contributed by atoms with Crippen molar-refractivity contribution in [1.82, 2.24) is 10.2 Å². The lowest BCUT2D eigenvalue weighted by atomic mass is 9.68. The molecule has 1 saturated heterocycles. The molecule has 0 aromatic carbocycles. The highest BCUT2D eigenvalue weighted by Crippen LogP contribution is 2.47. The highest BCUT2D eigenvalue weighted by molar-refractivity contribution is 14.0. The van der Waals surface area contributed by atoms with E-state index in [-0.39, 0.29) is 24.0 Å². The molecule has 5 heteroatoms. The van der Waals surface area contributed by atoms with Gasteiger partial charge in [0.25, 0.3) is 0 Å². The molecule has 0 aromatic heterocycles. The molecule has 1 aliphatic heterocycles. The largest absolute Gasteiger partial charge is 0.385 e. The number of hydrogen-bond donors (Lipinski definition) is 1. The summed E-state index contributed by atoms with van der Waals surface area (Å²) in [6.45, 7) is 4.14. The van der Waals surface area contributed by atoms with E-state index >= 15 is 0 Å². The van der Waals surface area contributed by atoms with Crippen LogP contribution in [0.4, 0.5) is 0 Å². The Bertz CT molecular complexity index is 279. The third kappa shape index (κ3) is 3.73. The molecule has 0 amide bonds. The zero-order chi connectivity index (χ0) is 12.1. The molecule has 0 aromatic rings. The fraction of sp³-hybridized carbons (Fsp3) is 0.923. The van der Waals surface area contributed by atoms with Gasteiger partial charge in [-0.25, -0.2) is 0 Å². The van der Waals surface area contributed by atoms with Gasteiger partial charge < -0.3 is 15.0 Å². The normalized spacial score (nSPS) is 21.7. The summed E-state index contributed by atoms with van der Waals surface area (Å²) in [6, 6.07) is 0. The van der Waals surface area contributed by atoms with Gasteiger partial charge in [-0.05, 0) is 31.1 Å². The second-order valence-electron chi connectivity index (χ2n) is 5.35. The van der Waals surface area contributed by atoms with Gasteiger partial charge >= 0.3 is 0 Å². The van der Waals surface area contributed by atoms with E-state index in [0.717, 1.165) is 25.5 Å². The number of ether oxygens (including phenoxy) is 1. The first-order valence-corrected chi connectivity index (χ1v) is 6.74. The summed E-state index contributed by atoms with van der Waals surface area (Å²) in [4.78, 5) is 6.80. The average molecular weight is 367 g/mol. The zero-order valence-electron chi connectivity index (χ0n) is 11.6. The Balaban J connectivity index is 0.00000162. The van der Waals surface area contributed by atoms with E-state index in [1.54, 1.807) is 7.11 Å². The maximum Gasteiger partial charge on any atom is 0.193 e. The molecule has 2 aliphatic rings. The number of methoxy groups -OCH3 is 1. The smallest absolute Gasteiger partial charge is 0.193 e. The van der Waals surface area contributed by atoms with Crippen molar-refractivity contribution < 1.29 is 4.74 Å². The van der Waals surface area contributed by atoms with Crippen LogP contribution in [0.3, 0.4) is 0 Å². The molecular formula is C13H26IN3O. The van der Waals surface area contributed by atoms with Gasteiger partial charge in [0.15, 0.2) is 5.96 Å². The zero-order valence-corrected chi connectivity index (χ0v) is 13.9. The summed E-state index contributed by atoms with van der Waals surface area (Å²) in [5, 5.41) is 3.43. The van der Waals surface area contributed by atoms with Crippen molar-refractivity contribution in [3.05, 3.63) is 0 Å². The Hall–Kier alpha value is -0.0400. The molecule has 2 fully saturated rings. The topological polar surface area (TPSA) is 36.9 Å². The molecule has 1 N–H and O–H groups in total. The van der Waals surface area contributed by atoms with Crippen molar-refractivity contribution >= 4 is 29.9 Å². The fourth-order valence-corrected chi connectivity index (χ4v) is 2.95. The van der Waals surface area contributed by atoms with Gasteiger partial charge in [-0.2, -0.15) is 0 Å². The summed E-state index contributed by atoms with van der Waals surface area (Å²) in [6.07, 6.45) is 6.66. The molecule has 4 nitrogen and oxygen atoms in total. The Kier molecular flexibility index (Phi) is 6.70. The number of nitrogens with one attached hydrogen (secondary N) is 1. The monoisotopic (exact) mass is 367 g/mol. The summed E-state index contributed by atoms with van der Waals surface area (Å²) < 4.78 is 5.05. The predicted octanol–water partition coefficient (Wildman–Crippen LogP) is 2.09. The summed E-state index contributed by atoms with van der Waals surface area (Å²) in [5.74, 6) is 1.07. The quantitative estimate of drug-likeness (QED) is 0.358. The van der Waals surface area contributed by atoms with Crippen molar-refractivity contribution in [2.75, 3.05) is 40.4 Å². The Morgan fingerprint density at radius 2 is 2.17 bits per heavy atom. The Morgan fingerprint density at radius 3 is 2.67 bits per heavy atom. The van der Waals surface area contributed by atoms with Gasteiger partial charge in [0.05, 0.1) is 0 Å². The van der Waals surface area contributed by atoms with Crippen LogP contribution >= 0.6 is 24.0 Å². The van der Waals surface area contributed by atoms with E-state index in [9.17, 15) is 0 Å². The summed E-state index contributed by atoms with van der Waals surface area (Å²) in [7, 11) is 3.63. The molecule has 0 radical (unpaired) electrons. The number of aliphatic imine (C=N–C) groups is 1. The number of halogens is 1. The number of likely N-dealkylation sites (tertiary alicyclic amines) is 1. The van der Waals surface area contributed by atoms with Crippen LogP contribution in [0.15, 0.2) is 4.99 Å². The third-order valence-corrected chi connectivity index (χ3v) is 4.17. The lowest BCUT2D eigenvalue weighted by Crippen LogP contribution is -2.42. The molecule has 0 unspecified atom stereocenters. The maximum absolute atomic E-state index is 5.05. The van der Waals surface area contributed by atoms with Crippen LogP contribution in [0.2, 0.25) is 0 Å². The molecule has 18 heavy (non-hydrogen) atoms. The first kappa shape index (κ1) is 16.0. The molecule has 1 aliphatic carbocycles. The number of hydrogen-bond acceptors (Lipinski definition) is 2. The van der Waals surface area contributed by atoms with E-state index < -0.39 is 0 Å². The molecule has 2 rings (SSSR count). The summed E-state index contributed by atoms with van der Waals surface area (Å²) in [5.41, 5.74) is 0.643. The van der Waals surface area contributed by atoms with Gasteiger partial charge in [-0.1, -0.05) is 6.42 Å². The van der Waals surface area contributed by atoms with Gasteiger partial charge in [0.2, 0.25) is 0 Å². The minimum absolute atomic E-state index is 0. The van der Waals surface area contributed by atoms with Crippen molar-refractivity contribution in [3.63, 3.8) is 0 Å². The number of guanidine groups is 1. The molecule has 106 valence electrons. The van der Waals surface area contributed by atoms with E-state index in [1.165, 1.54) is 38.8 Å². The van der Waals surface area contributed by atoms with E-state index in [2.05, 4.69) is 15.2 Å². The summed E-state index contributed by atoms with van der Waals surface area (Å²) >= 11 is 0. The standard InChI is InChI=1S/C13H25N3O.HI/c1-14-12(15-8-4-10-17-2)16-9-7-13(11-16)5-3-6-13;/h3-11H2,1-2H3,(H,14,15);1H. The van der Waals surface area contributed by atoms with Crippen LogP contribution in [-0.4, -0.2) is 51.3 Å². The van der Waals surface area contributed by atoms with Crippen LogP contribution in [0, 0.1) is 5.41 Å². The van der Waals surface area contributed by atoms with Crippen LogP contribution in [0.5, 0.6) is 0 Å². The number of rotatable bonds is 4. The lowest BCUT2D eigenvalue weighted by molar-refractivity contribution is 0.151. The second-order valence-corrected chi connectivity index (χ2v) is 5.35. The first-order valence-electron chi connectivity index (χ1n) is 6.74. The van der Waals surface area contributed by atoms with E-state index in [4.69, 9.17) is 4.74 Å². The van der Waals surface area contributed by atoms with Gasteiger partial charge in [0.1, 0.15) is 0 Å². The first-order chi connectivity index (χ1) is 8.29. The van der Waals surface area contributed by atoms with E-state index in [0.29, 0.717) is 5.41 Å². The molecule has 1 heterocycles. The van der Waals surface area contributed by atoms with Crippen LogP contribution in [0.1, 0.15) is 32.1 Å². The van der Waals surface area contributed by atoms with Gasteiger partial charge in [-0.3, -0.25) is 4.99 Å². The third-order valence-electron chi connectivity index (χ3n) is 4.17. The Morgan fingerprint density at radius 1 is 1.39 bits per heavy atom. The fourth-order valence-electron chi connectivity index (χ4n) is 2.95. The van der Waals surface area contributed by atoms with Crippen LogP contribution < -0.4 is 5.32 Å². The molecule has 0 atom stereocenters. The predicted molar refractivity (Wildman–Crippen MR) is 85.7 cm³/mol. The molecule has 1 saturated carbocycles. The molecular weight excluding hydrogens is 341 g/mol. The van der Waals surface area contributed by atoms with Gasteiger partial charge in [-0.15, -0.1) is 24.0 Å². The van der Waals surface area contributed by atoms with Gasteiger partial charge in [0, 0.05) is 40.4 Å². The molecule has 1 spiro atoms. The minimum Gasteiger partial charge on any atom is -0.385 e. The van der Waals surface area contributed by atoms with E-state index in [1.807, 2.05) is 7.05 Å². The van der Waals surface area contributed by atoms with Crippen molar-refractivity contribution in [1.29, 1.82) is 0 Å². The highest BCUT2D eigenvalue weighted by atomic mass is 127. The number of nitrogens with zero attached hydrogens (tertiary/aromatic N) is 2. The maximum atomic E-state index is 5.05. The van der Waals surface area contributed by atoms with Crippen molar-refractivity contribution in [2.45, 2.75) is 32.1 Å².